The number of rotatable bonds is 6. The van der Waals surface area contributed by atoms with Gasteiger partial charge < -0.3 is 10.1 Å². The highest BCUT2D eigenvalue weighted by atomic mass is 16.5. The molecule has 1 aromatic heterocycles. The summed E-state index contributed by atoms with van der Waals surface area (Å²) in [5.74, 6) is 1.37. The van der Waals surface area contributed by atoms with E-state index < -0.39 is 0 Å². The Balaban J connectivity index is 2.10. The molecule has 1 heterocycles. The van der Waals surface area contributed by atoms with Crippen LogP contribution in [0.1, 0.15) is 19.5 Å². The Morgan fingerprint density at radius 2 is 2.11 bits per heavy atom. The predicted molar refractivity (Wildman–Crippen MR) is 79.7 cm³/mol. The van der Waals surface area contributed by atoms with E-state index in [0.717, 1.165) is 35.4 Å². The van der Waals surface area contributed by atoms with E-state index in [1.54, 1.807) is 0 Å². The lowest BCUT2D eigenvalue weighted by molar-refractivity contribution is 0.258. The molecule has 0 aliphatic carbocycles. The number of nitrogens with one attached hydrogen (secondary N) is 1. The van der Waals surface area contributed by atoms with E-state index in [4.69, 9.17) is 4.74 Å². The molecule has 1 N–H and O–H groups in total. The highest BCUT2D eigenvalue weighted by Gasteiger charge is 2.06. The molecule has 102 valence electrons. The van der Waals surface area contributed by atoms with Gasteiger partial charge in [0.05, 0.1) is 6.61 Å². The number of hydrogen-bond acceptors (Lipinski definition) is 3. The Kier molecular flexibility index (Phi) is 4.74. The van der Waals surface area contributed by atoms with Gasteiger partial charge in [-0.05, 0) is 25.6 Å². The van der Waals surface area contributed by atoms with Crippen LogP contribution in [0.2, 0.25) is 0 Å². The number of aryl methyl sites for hydroxylation is 1. The SMILES string of the molecule is CCNCC(C)COc1cccc2ccc(C)nc12. The van der Waals surface area contributed by atoms with Crippen LogP contribution >= 0.6 is 0 Å². The lowest BCUT2D eigenvalue weighted by Gasteiger charge is -2.14. The summed E-state index contributed by atoms with van der Waals surface area (Å²) in [6, 6.07) is 10.2. The third-order valence-electron chi connectivity index (χ3n) is 3.09. The molecule has 3 nitrogen and oxygen atoms in total. The molecule has 19 heavy (non-hydrogen) atoms. The molecule has 1 unspecified atom stereocenters. The van der Waals surface area contributed by atoms with Gasteiger partial charge in [0.1, 0.15) is 11.3 Å². The number of fused-ring (bicyclic) bond motifs is 1. The van der Waals surface area contributed by atoms with E-state index in [1.165, 1.54) is 0 Å². The summed E-state index contributed by atoms with van der Waals surface area (Å²) in [7, 11) is 0. The predicted octanol–water partition coefficient (Wildman–Crippen LogP) is 3.17. The van der Waals surface area contributed by atoms with Crippen LogP contribution < -0.4 is 10.1 Å². The molecule has 0 spiro atoms. The van der Waals surface area contributed by atoms with Gasteiger partial charge >= 0.3 is 0 Å². The van der Waals surface area contributed by atoms with Crippen LogP contribution in [0.25, 0.3) is 10.9 Å². The van der Waals surface area contributed by atoms with Gasteiger partial charge in [-0.25, -0.2) is 4.98 Å². The molecule has 1 aromatic carbocycles. The van der Waals surface area contributed by atoms with Crippen molar-refractivity contribution >= 4 is 10.9 Å². The molecule has 0 saturated carbocycles. The van der Waals surface area contributed by atoms with Crippen LogP contribution in [-0.4, -0.2) is 24.7 Å². The van der Waals surface area contributed by atoms with Gasteiger partial charge in [0.25, 0.3) is 0 Å². The number of hydrogen-bond donors (Lipinski definition) is 1. The van der Waals surface area contributed by atoms with Crippen LogP contribution in [0.5, 0.6) is 5.75 Å². The average molecular weight is 258 g/mol. The first-order chi connectivity index (χ1) is 9.20. The molecular weight excluding hydrogens is 236 g/mol. The first kappa shape index (κ1) is 13.8. The Morgan fingerprint density at radius 3 is 2.89 bits per heavy atom. The minimum Gasteiger partial charge on any atom is -0.491 e. The Morgan fingerprint density at radius 1 is 1.26 bits per heavy atom. The maximum atomic E-state index is 5.93. The van der Waals surface area contributed by atoms with E-state index in [-0.39, 0.29) is 0 Å². The second-order valence-electron chi connectivity index (χ2n) is 5.00. The zero-order valence-corrected chi connectivity index (χ0v) is 11.9. The summed E-state index contributed by atoms with van der Waals surface area (Å²) >= 11 is 0. The smallest absolute Gasteiger partial charge is 0.145 e. The van der Waals surface area contributed by atoms with Crippen molar-refractivity contribution in [2.45, 2.75) is 20.8 Å². The molecule has 0 saturated heterocycles. The molecule has 0 aliphatic rings. The minimum absolute atomic E-state index is 0.486. The Bertz CT molecular complexity index is 539. The first-order valence-electron chi connectivity index (χ1n) is 6.90. The lowest BCUT2D eigenvalue weighted by atomic mass is 10.2. The van der Waals surface area contributed by atoms with E-state index in [0.29, 0.717) is 12.5 Å². The summed E-state index contributed by atoms with van der Waals surface area (Å²) in [6.45, 7) is 9.00. The number of ether oxygens (including phenoxy) is 1. The number of para-hydroxylation sites is 1. The largest absolute Gasteiger partial charge is 0.491 e. The van der Waals surface area contributed by atoms with Crippen LogP contribution in [0.15, 0.2) is 30.3 Å². The van der Waals surface area contributed by atoms with Gasteiger partial charge in [-0.15, -0.1) is 0 Å². The second kappa shape index (κ2) is 6.53. The van der Waals surface area contributed by atoms with Crippen molar-refractivity contribution in [2.75, 3.05) is 19.7 Å². The van der Waals surface area contributed by atoms with Gasteiger partial charge in [-0.3, -0.25) is 0 Å². The van der Waals surface area contributed by atoms with Crippen molar-refractivity contribution in [1.82, 2.24) is 10.3 Å². The van der Waals surface area contributed by atoms with E-state index in [2.05, 4.69) is 36.3 Å². The third kappa shape index (κ3) is 3.67. The van der Waals surface area contributed by atoms with Crippen LogP contribution in [-0.2, 0) is 0 Å². The molecule has 2 rings (SSSR count). The molecule has 0 fully saturated rings. The van der Waals surface area contributed by atoms with Crippen molar-refractivity contribution < 1.29 is 4.74 Å². The highest BCUT2D eigenvalue weighted by Crippen LogP contribution is 2.24. The fourth-order valence-corrected chi connectivity index (χ4v) is 2.02. The van der Waals surface area contributed by atoms with Gasteiger partial charge in [-0.1, -0.05) is 32.0 Å². The lowest BCUT2D eigenvalue weighted by Crippen LogP contribution is -2.24. The maximum Gasteiger partial charge on any atom is 0.145 e. The fourth-order valence-electron chi connectivity index (χ4n) is 2.02. The minimum atomic E-state index is 0.486. The Labute approximate surface area is 115 Å². The standard InChI is InChI=1S/C16H22N2O/c1-4-17-10-12(2)11-19-15-7-5-6-14-9-8-13(3)18-16(14)15/h5-9,12,17H,4,10-11H2,1-3H3. The summed E-state index contributed by atoms with van der Waals surface area (Å²) in [5, 5.41) is 4.46. The number of pyridine rings is 1. The first-order valence-corrected chi connectivity index (χ1v) is 6.90. The molecular formula is C16H22N2O. The topological polar surface area (TPSA) is 34.1 Å². The van der Waals surface area contributed by atoms with Gasteiger partial charge in [-0.2, -0.15) is 0 Å². The average Bonchev–Trinajstić information content (AvgIpc) is 2.42. The molecule has 1 atom stereocenters. The monoisotopic (exact) mass is 258 g/mol. The summed E-state index contributed by atoms with van der Waals surface area (Å²) in [4.78, 5) is 4.58. The zero-order valence-electron chi connectivity index (χ0n) is 11.9. The molecule has 0 aliphatic heterocycles. The maximum absolute atomic E-state index is 5.93. The van der Waals surface area contributed by atoms with Crippen molar-refractivity contribution in [2.24, 2.45) is 5.92 Å². The van der Waals surface area contributed by atoms with Crippen molar-refractivity contribution in [1.29, 1.82) is 0 Å². The van der Waals surface area contributed by atoms with Crippen molar-refractivity contribution in [3.8, 4) is 5.75 Å². The van der Waals surface area contributed by atoms with Crippen molar-refractivity contribution in [3.63, 3.8) is 0 Å². The van der Waals surface area contributed by atoms with E-state index in [1.807, 2.05) is 25.1 Å². The quantitative estimate of drug-likeness (QED) is 0.864. The van der Waals surface area contributed by atoms with Gasteiger partial charge in [0, 0.05) is 23.5 Å². The second-order valence-corrected chi connectivity index (χ2v) is 5.00. The Hall–Kier alpha value is -1.61. The number of benzene rings is 1. The zero-order chi connectivity index (χ0) is 13.7. The van der Waals surface area contributed by atoms with E-state index in [9.17, 15) is 0 Å². The molecule has 2 aromatic rings. The van der Waals surface area contributed by atoms with Gasteiger partial charge in [0.2, 0.25) is 0 Å². The normalized spacial score (nSPS) is 12.6. The summed E-state index contributed by atoms with van der Waals surface area (Å²) in [6.07, 6.45) is 0. The fraction of sp³-hybridized carbons (Fsp3) is 0.438. The number of nitrogens with zero attached hydrogens (tertiary/aromatic N) is 1. The molecule has 0 amide bonds. The molecule has 0 bridgehead atoms. The van der Waals surface area contributed by atoms with Crippen LogP contribution in [0.3, 0.4) is 0 Å². The van der Waals surface area contributed by atoms with E-state index >= 15 is 0 Å². The van der Waals surface area contributed by atoms with Crippen LogP contribution in [0.4, 0.5) is 0 Å². The third-order valence-corrected chi connectivity index (χ3v) is 3.09. The van der Waals surface area contributed by atoms with Crippen molar-refractivity contribution in [3.05, 3.63) is 36.0 Å². The molecule has 0 radical (unpaired) electrons. The summed E-state index contributed by atoms with van der Waals surface area (Å²) < 4.78 is 5.93. The van der Waals surface area contributed by atoms with Gasteiger partial charge in [0.15, 0.2) is 0 Å². The summed E-state index contributed by atoms with van der Waals surface area (Å²) in [5.41, 5.74) is 1.97. The molecule has 3 heteroatoms. The van der Waals surface area contributed by atoms with Crippen LogP contribution in [0, 0.1) is 12.8 Å². The number of aromatic nitrogens is 1. The highest BCUT2D eigenvalue weighted by molar-refractivity contribution is 5.84.